The number of hydrogen-bond donors (Lipinski definition) is 2. The summed E-state index contributed by atoms with van der Waals surface area (Å²) in [7, 11) is 0. The molecule has 21 heavy (non-hydrogen) atoms. The van der Waals surface area contributed by atoms with Gasteiger partial charge in [0.05, 0.1) is 11.4 Å². The Bertz CT molecular complexity index is 732. The SMILES string of the molecule is O=C(CC1C(=O)Nc2ncnn21)Nc1ccc(F)c(Cl)c1. The molecule has 0 radical (unpaired) electrons. The van der Waals surface area contributed by atoms with Crippen molar-refractivity contribution in [1.29, 1.82) is 0 Å². The van der Waals surface area contributed by atoms with Gasteiger partial charge in [0.25, 0.3) is 5.91 Å². The molecule has 9 heteroatoms. The molecule has 2 aromatic rings. The van der Waals surface area contributed by atoms with E-state index in [2.05, 4.69) is 20.7 Å². The van der Waals surface area contributed by atoms with Crippen LogP contribution in [0.1, 0.15) is 12.5 Å². The van der Waals surface area contributed by atoms with E-state index >= 15 is 0 Å². The maximum Gasteiger partial charge on any atom is 0.252 e. The van der Waals surface area contributed by atoms with Crippen LogP contribution in [0.5, 0.6) is 0 Å². The van der Waals surface area contributed by atoms with Gasteiger partial charge in [-0.15, -0.1) is 0 Å². The number of nitrogens with one attached hydrogen (secondary N) is 2. The number of amides is 2. The molecule has 1 atom stereocenters. The zero-order valence-electron chi connectivity index (χ0n) is 10.5. The van der Waals surface area contributed by atoms with Gasteiger partial charge in [0.1, 0.15) is 18.2 Å². The smallest absolute Gasteiger partial charge is 0.252 e. The molecule has 1 unspecified atom stereocenters. The maximum atomic E-state index is 13.0. The second-order valence-corrected chi connectivity index (χ2v) is 4.82. The second-order valence-electron chi connectivity index (χ2n) is 4.41. The quantitative estimate of drug-likeness (QED) is 0.901. The van der Waals surface area contributed by atoms with Gasteiger partial charge in [-0.2, -0.15) is 10.1 Å². The molecular formula is C12H9ClFN5O2. The zero-order valence-corrected chi connectivity index (χ0v) is 11.3. The first-order valence-electron chi connectivity index (χ1n) is 6.00. The van der Waals surface area contributed by atoms with Crippen molar-refractivity contribution in [2.45, 2.75) is 12.5 Å². The Labute approximate surface area is 123 Å². The van der Waals surface area contributed by atoms with Crippen molar-refractivity contribution in [3.8, 4) is 0 Å². The van der Waals surface area contributed by atoms with E-state index in [1.54, 1.807) is 0 Å². The zero-order chi connectivity index (χ0) is 15.0. The topological polar surface area (TPSA) is 88.9 Å². The van der Waals surface area contributed by atoms with Gasteiger partial charge in [-0.05, 0) is 18.2 Å². The molecule has 7 nitrogen and oxygen atoms in total. The lowest BCUT2D eigenvalue weighted by molar-refractivity contribution is -0.123. The highest BCUT2D eigenvalue weighted by Gasteiger charge is 2.33. The predicted octanol–water partition coefficient (Wildman–Crippen LogP) is 1.59. The van der Waals surface area contributed by atoms with Gasteiger partial charge in [-0.25, -0.2) is 9.07 Å². The largest absolute Gasteiger partial charge is 0.326 e. The van der Waals surface area contributed by atoms with Crippen LogP contribution in [0.15, 0.2) is 24.5 Å². The van der Waals surface area contributed by atoms with Crippen molar-refractivity contribution in [3.05, 3.63) is 35.4 Å². The molecule has 0 saturated carbocycles. The van der Waals surface area contributed by atoms with E-state index in [1.807, 2.05) is 0 Å². The molecule has 0 fully saturated rings. The Balaban J connectivity index is 1.70. The number of carbonyl (C=O) groups is 2. The third-order valence-corrected chi connectivity index (χ3v) is 3.28. The summed E-state index contributed by atoms with van der Waals surface area (Å²) in [4.78, 5) is 27.5. The average Bonchev–Trinajstić information content (AvgIpc) is 2.97. The van der Waals surface area contributed by atoms with Gasteiger partial charge in [-0.3, -0.25) is 14.9 Å². The molecule has 1 aliphatic rings. The highest BCUT2D eigenvalue weighted by molar-refractivity contribution is 6.31. The van der Waals surface area contributed by atoms with Crippen LogP contribution < -0.4 is 10.6 Å². The van der Waals surface area contributed by atoms with Crippen LogP contribution in [0.3, 0.4) is 0 Å². The van der Waals surface area contributed by atoms with Crippen LogP contribution in [0.25, 0.3) is 0 Å². The Kier molecular flexibility index (Phi) is 3.30. The fourth-order valence-corrected chi connectivity index (χ4v) is 2.19. The Hall–Kier alpha value is -2.48. The number of rotatable bonds is 3. The van der Waals surface area contributed by atoms with E-state index in [0.717, 1.165) is 6.07 Å². The van der Waals surface area contributed by atoms with Gasteiger partial charge in [0, 0.05) is 5.69 Å². The van der Waals surface area contributed by atoms with Crippen LogP contribution in [-0.4, -0.2) is 26.6 Å². The van der Waals surface area contributed by atoms with Crippen LogP contribution in [-0.2, 0) is 9.59 Å². The molecule has 0 spiro atoms. The number of nitrogens with zero attached hydrogens (tertiary/aromatic N) is 3. The van der Waals surface area contributed by atoms with Gasteiger partial charge < -0.3 is 5.32 Å². The van der Waals surface area contributed by atoms with Crippen molar-refractivity contribution >= 4 is 35.1 Å². The maximum absolute atomic E-state index is 13.0. The molecule has 2 heterocycles. The molecule has 1 aromatic heterocycles. The van der Waals surface area contributed by atoms with E-state index in [0.29, 0.717) is 11.6 Å². The van der Waals surface area contributed by atoms with E-state index < -0.39 is 17.8 Å². The van der Waals surface area contributed by atoms with Gasteiger partial charge in [0.2, 0.25) is 11.9 Å². The van der Waals surface area contributed by atoms with Crippen LogP contribution in [0, 0.1) is 5.82 Å². The predicted molar refractivity (Wildman–Crippen MR) is 72.3 cm³/mol. The van der Waals surface area contributed by atoms with Crippen molar-refractivity contribution < 1.29 is 14.0 Å². The third-order valence-electron chi connectivity index (χ3n) is 2.99. The molecule has 1 aliphatic heterocycles. The van der Waals surface area contributed by atoms with Crippen LogP contribution >= 0.6 is 11.6 Å². The highest BCUT2D eigenvalue weighted by atomic mass is 35.5. The number of benzene rings is 1. The molecule has 0 bridgehead atoms. The first kappa shape index (κ1) is 13.5. The van der Waals surface area contributed by atoms with Crippen molar-refractivity contribution in [2.75, 3.05) is 10.6 Å². The van der Waals surface area contributed by atoms with E-state index in [-0.39, 0.29) is 17.4 Å². The molecule has 2 N–H and O–H groups in total. The first-order valence-corrected chi connectivity index (χ1v) is 6.37. The monoisotopic (exact) mass is 309 g/mol. The Morgan fingerprint density at radius 3 is 3.10 bits per heavy atom. The second kappa shape index (κ2) is 5.13. The van der Waals surface area contributed by atoms with Gasteiger partial charge in [0.15, 0.2) is 0 Å². The number of halogens is 2. The normalized spacial score (nSPS) is 16.5. The summed E-state index contributed by atoms with van der Waals surface area (Å²) in [5, 5.41) is 8.86. The highest BCUT2D eigenvalue weighted by Crippen LogP contribution is 2.25. The van der Waals surface area contributed by atoms with Crippen molar-refractivity contribution in [2.24, 2.45) is 0 Å². The summed E-state index contributed by atoms with van der Waals surface area (Å²) in [5.41, 5.74) is 0.351. The molecule has 0 saturated heterocycles. The number of carbonyl (C=O) groups excluding carboxylic acids is 2. The number of hydrogen-bond acceptors (Lipinski definition) is 4. The summed E-state index contributed by atoms with van der Waals surface area (Å²) < 4.78 is 14.4. The van der Waals surface area contributed by atoms with Crippen molar-refractivity contribution in [3.63, 3.8) is 0 Å². The lowest BCUT2D eigenvalue weighted by Crippen LogP contribution is -2.23. The van der Waals surface area contributed by atoms with E-state index in [1.165, 1.54) is 23.1 Å². The Morgan fingerprint density at radius 2 is 2.33 bits per heavy atom. The first-order chi connectivity index (χ1) is 10.0. The lowest BCUT2D eigenvalue weighted by Gasteiger charge is -2.10. The summed E-state index contributed by atoms with van der Waals surface area (Å²) >= 11 is 5.63. The summed E-state index contributed by atoms with van der Waals surface area (Å²) in [6, 6.07) is 3.08. The van der Waals surface area contributed by atoms with Gasteiger partial charge >= 0.3 is 0 Å². The molecular weight excluding hydrogens is 301 g/mol. The number of anilines is 2. The fraction of sp³-hybridized carbons (Fsp3) is 0.167. The molecule has 108 valence electrons. The Morgan fingerprint density at radius 1 is 1.52 bits per heavy atom. The van der Waals surface area contributed by atoms with Crippen molar-refractivity contribution in [1.82, 2.24) is 14.8 Å². The minimum atomic E-state index is -0.751. The standard InChI is InChI=1S/C12H9ClFN5O2/c13-7-3-6(1-2-8(7)14)17-10(20)4-9-11(21)18-12-15-5-16-19(9)12/h1-3,5,9H,4H2,(H,17,20)(H,15,16,18,21). The number of fused-ring (bicyclic) bond motifs is 1. The van der Waals surface area contributed by atoms with E-state index in [9.17, 15) is 14.0 Å². The van der Waals surface area contributed by atoms with E-state index in [4.69, 9.17) is 11.6 Å². The average molecular weight is 310 g/mol. The lowest BCUT2D eigenvalue weighted by atomic mass is 10.2. The van der Waals surface area contributed by atoms with Crippen LogP contribution in [0.4, 0.5) is 16.0 Å². The minimum absolute atomic E-state index is 0.0926. The summed E-state index contributed by atoms with van der Waals surface area (Å²) in [5.74, 6) is -1.03. The van der Waals surface area contributed by atoms with Crippen LogP contribution in [0.2, 0.25) is 5.02 Å². The third kappa shape index (κ3) is 2.57. The molecule has 2 amide bonds. The molecule has 1 aromatic carbocycles. The summed E-state index contributed by atoms with van der Waals surface area (Å²) in [6.07, 6.45) is 1.18. The van der Waals surface area contributed by atoms with Gasteiger partial charge in [-0.1, -0.05) is 11.6 Å². The fourth-order valence-electron chi connectivity index (χ4n) is 2.01. The molecule has 3 rings (SSSR count). The minimum Gasteiger partial charge on any atom is -0.326 e. The number of aromatic nitrogens is 3. The summed E-state index contributed by atoms with van der Waals surface area (Å²) in [6.45, 7) is 0. The molecule has 0 aliphatic carbocycles.